The average molecular weight is 1260 g/mol. The molecule has 22 nitrogen and oxygen atoms in total. The Hall–Kier alpha value is -5.73. The summed E-state index contributed by atoms with van der Waals surface area (Å²) in [6.45, 7) is 10.2. The number of nitrogens with zero attached hydrogens (tertiary/aromatic N) is 4. The number of fused-ring (bicyclic) bond motifs is 6. The summed E-state index contributed by atoms with van der Waals surface area (Å²) in [6, 6.07) is 9.77. The number of aliphatic hydroxyl groups excluding tert-OH is 2. The molecule has 482 valence electrons. The van der Waals surface area contributed by atoms with E-state index in [1.54, 1.807) is 28.0 Å². The molecule has 3 fully saturated rings. The number of carbonyl (C=O) groups excluding carboxylic acids is 6. The van der Waals surface area contributed by atoms with Crippen LogP contribution in [0.15, 0.2) is 53.5 Å². The molecule has 11 N–H and O–H groups in total. The fraction of sp³-hybridized carbons (Fsp3) is 0.641. The molecular formula is C64H92N10O12S2. The first-order valence-corrected chi connectivity index (χ1v) is 33.8. The van der Waals surface area contributed by atoms with Crippen molar-refractivity contribution < 1.29 is 58.3 Å². The number of amides is 2. The minimum atomic E-state index is -2.47. The number of esters is 1. The number of carbonyl (C=O) groups is 6. The number of rotatable bonds is 29. The van der Waals surface area contributed by atoms with Crippen molar-refractivity contribution in [3.8, 4) is 5.75 Å². The number of H-pyrrole nitrogens is 1. The van der Waals surface area contributed by atoms with Gasteiger partial charge in [0.1, 0.15) is 37.8 Å². The number of hydrogen-bond donors (Lipinski definition) is 9. The van der Waals surface area contributed by atoms with Crippen molar-refractivity contribution in [2.75, 3.05) is 90.1 Å². The second-order valence-electron chi connectivity index (χ2n) is 25.2. The number of ether oxygens (including phenoxy) is 3. The number of ketones is 2. The predicted octanol–water partition coefficient (Wildman–Crippen LogP) is 3.58. The fourth-order valence-corrected chi connectivity index (χ4v) is 18.1. The van der Waals surface area contributed by atoms with Gasteiger partial charge in [0, 0.05) is 114 Å². The number of Topliss-reactive ketones (excluding diaryl/α,β-unsaturated/α-hetero) is 2. The highest BCUT2D eigenvalue weighted by molar-refractivity contribution is 8.76. The lowest BCUT2D eigenvalue weighted by atomic mass is 9.47. The maximum Gasteiger partial charge on any atom is 0.325 e. The van der Waals surface area contributed by atoms with Crippen LogP contribution < -0.4 is 37.1 Å². The Morgan fingerprint density at radius 2 is 1.77 bits per heavy atom. The zero-order valence-corrected chi connectivity index (χ0v) is 53.7. The molecule has 5 aliphatic heterocycles. The number of nitrogens with one attached hydrogen (secondary N) is 4. The summed E-state index contributed by atoms with van der Waals surface area (Å²) in [4.78, 5) is 94.3. The van der Waals surface area contributed by atoms with Gasteiger partial charge in [0.05, 0.1) is 30.7 Å². The summed E-state index contributed by atoms with van der Waals surface area (Å²) >= 11 is 0. The van der Waals surface area contributed by atoms with Crippen LogP contribution in [0.1, 0.15) is 114 Å². The van der Waals surface area contributed by atoms with Crippen molar-refractivity contribution in [3.63, 3.8) is 0 Å². The molecule has 2 amide bonds. The van der Waals surface area contributed by atoms with E-state index in [0.29, 0.717) is 101 Å². The van der Waals surface area contributed by atoms with Crippen LogP contribution in [0, 0.1) is 23.2 Å². The Kier molecular flexibility index (Phi) is 21.4. The standard InChI is InChI=1S/C64H92N10O12S2/c1-8-41-30-40-33-62(36-85-37-75,53-43(19-24-74(35-40)55(41)80)42-15-10-11-16-46(42)71-53)45-31-44-48(32-51(45)84-7)72(6)57-63(44)21-25-73-23-14-20-61(9-2,56(63)73)58(81)64(57,83)59(82)69-34-52(78)86-26-28-88-87-27-13-18-49(76)39(4)70-54(79)38(3)29-50(77)47(67-5)17-12-22-68-60(65)66/h10-11,14-16,20,31-32,37-41,47,55-58,67,71,80-81,83H,8-9,12-13,17-19,21-30,33-36H2,1-7H3,(H,69,82)(H,70,79)(H4,65,66,68)/t38-,39+,40-,41-,47+,55?,56+,57-,58-,61-,62+,63-,64+/m1/s1. The highest BCUT2D eigenvalue weighted by atomic mass is 33.1. The van der Waals surface area contributed by atoms with E-state index in [4.69, 9.17) is 25.7 Å². The van der Waals surface area contributed by atoms with E-state index in [1.807, 2.05) is 49.2 Å². The molecule has 1 aromatic heterocycles. The van der Waals surface area contributed by atoms with Gasteiger partial charge in [-0.15, -0.1) is 0 Å². The molecule has 24 heteroatoms. The summed E-state index contributed by atoms with van der Waals surface area (Å²) in [7, 11) is 8.13. The van der Waals surface area contributed by atoms with Gasteiger partial charge in [0.2, 0.25) is 5.91 Å². The Labute approximate surface area is 524 Å². The Morgan fingerprint density at radius 3 is 2.50 bits per heavy atom. The number of likely N-dealkylation sites (N-methyl/N-ethyl adjacent to an activating group) is 2. The molecule has 2 unspecified atom stereocenters. The van der Waals surface area contributed by atoms with Gasteiger partial charge in [-0.2, -0.15) is 0 Å². The lowest BCUT2D eigenvalue weighted by Gasteiger charge is -2.63. The first-order valence-electron chi connectivity index (χ1n) is 31.3. The molecule has 6 aliphatic rings. The van der Waals surface area contributed by atoms with Crippen molar-refractivity contribution in [3.05, 3.63) is 70.9 Å². The number of piperidine rings is 1. The van der Waals surface area contributed by atoms with E-state index < -0.39 is 76.6 Å². The molecule has 14 atom stereocenters. The summed E-state index contributed by atoms with van der Waals surface area (Å²) in [5.41, 5.74) is 10.5. The topological polar surface area (TPSA) is 317 Å². The van der Waals surface area contributed by atoms with E-state index >= 15 is 4.79 Å². The molecule has 9 rings (SSSR count). The number of aromatic amines is 1. The van der Waals surface area contributed by atoms with Gasteiger partial charge in [0.25, 0.3) is 12.4 Å². The summed E-state index contributed by atoms with van der Waals surface area (Å²) in [5.74, 6) is -1.20. The van der Waals surface area contributed by atoms with Gasteiger partial charge in [-0.05, 0) is 113 Å². The van der Waals surface area contributed by atoms with Crippen molar-refractivity contribution >= 4 is 80.0 Å². The molecule has 2 aromatic carbocycles. The number of guanidine groups is 1. The van der Waals surface area contributed by atoms with Gasteiger partial charge in [-0.3, -0.25) is 43.6 Å². The number of aliphatic imine (C=N–C) groups is 1. The van der Waals surface area contributed by atoms with Crippen LogP contribution in [0.25, 0.3) is 10.9 Å². The SMILES string of the molecule is CC[C@@H]1C[C@H]2CN(CCc3c([nH]c4ccccc34)[C@@](COC=O)(c3cc4c(cc3OC)N(C)[C@H]3[C@@](O)(C(=O)NCC(=O)OCCSSCCCC(=O)[C@H](C)NC(=O)[C@H](C)CC(=O)[C@H](CCCN=C(N)N)NC)[C@H](O)[C@]5(CC)C=CCN6CC[C@]43[C@@H]65)C2)C1O. The van der Waals surface area contributed by atoms with E-state index in [0.717, 1.165) is 51.8 Å². The van der Waals surface area contributed by atoms with E-state index in [-0.39, 0.29) is 67.4 Å². The minimum Gasteiger partial charge on any atom is -0.496 e. The number of para-hydroxylation sites is 1. The van der Waals surface area contributed by atoms with Crippen molar-refractivity contribution in [2.45, 2.75) is 151 Å². The number of nitrogens with two attached hydrogens (primary N) is 2. The summed E-state index contributed by atoms with van der Waals surface area (Å²) in [6.07, 6.45) is 7.34. The monoisotopic (exact) mass is 1260 g/mol. The third-order valence-electron chi connectivity index (χ3n) is 20.3. The van der Waals surface area contributed by atoms with Gasteiger partial charge in [0.15, 0.2) is 23.1 Å². The summed E-state index contributed by atoms with van der Waals surface area (Å²) in [5, 5.41) is 47.8. The molecule has 2 saturated heterocycles. The molecule has 1 aliphatic carbocycles. The zero-order valence-electron chi connectivity index (χ0n) is 52.0. The van der Waals surface area contributed by atoms with Crippen LogP contribution in [-0.4, -0.2) is 199 Å². The Morgan fingerprint density at radius 1 is 1.00 bits per heavy atom. The number of hydrogen-bond acceptors (Lipinski definition) is 19. The van der Waals surface area contributed by atoms with Crippen molar-refractivity contribution in [1.82, 2.24) is 30.7 Å². The highest BCUT2D eigenvalue weighted by Gasteiger charge is 2.78. The highest BCUT2D eigenvalue weighted by Crippen LogP contribution is 2.67. The number of aromatic nitrogens is 1. The number of benzene rings is 2. The molecule has 6 heterocycles. The molecule has 88 heavy (non-hydrogen) atoms. The third kappa shape index (κ3) is 12.5. The van der Waals surface area contributed by atoms with E-state index in [2.05, 4.69) is 60.8 Å². The second-order valence-corrected chi connectivity index (χ2v) is 27.9. The average Bonchev–Trinajstić information content (AvgIpc) is 1.44. The smallest absolute Gasteiger partial charge is 0.325 e. The van der Waals surface area contributed by atoms with Gasteiger partial charge in [-0.25, -0.2) is 0 Å². The van der Waals surface area contributed by atoms with Crippen LogP contribution in [-0.2, 0) is 55.5 Å². The van der Waals surface area contributed by atoms with Crippen molar-refractivity contribution in [2.24, 2.45) is 39.6 Å². The second kappa shape index (κ2) is 28.2. The fourth-order valence-electron chi connectivity index (χ4n) is 16.2. The van der Waals surface area contributed by atoms with Gasteiger partial charge >= 0.3 is 5.97 Å². The number of anilines is 1. The normalized spacial score (nSPS) is 29.6. The van der Waals surface area contributed by atoms with E-state index in [9.17, 15) is 39.3 Å². The molecule has 0 radical (unpaired) electrons. The molecule has 1 saturated carbocycles. The number of methoxy groups -OCH3 is 1. The minimum absolute atomic E-state index is 0.0116. The van der Waals surface area contributed by atoms with Crippen LogP contribution in [0.5, 0.6) is 5.75 Å². The first kappa shape index (κ1) is 66.7. The molecular weight excluding hydrogens is 1160 g/mol. The maximum atomic E-state index is 15.2. The Balaban J connectivity index is 0.878. The largest absolute Gasteiger partial charge is 0.496 e. The summed E-state index contributed by atoms with van der Waals surface area (Å²) < 4.78 is 18.1. The lowest BCUT2D eigenvalue weighted by molar-refractivity contribution is -0.203. The van der Waals surface area contributed by atoms with Crippen LogP contribution in [0.4, 0.5) is 5.69 Å². The number of aliphatic hydroxyl groups is 3. The third-order valence-corrected chi connectivity index (χ3v) is 22.8. The van der Waals surface area contributed by atoms with Gasteiger partial charge < -0.3 is 66.8 Å². The zero-order chi connectivity index (χ0) is 63.3. The van der Waals surface area contributed by atoms with Crippen LogP contribution in [0.2, 0.25) is 0 Å². The van der Waals surface area contributed by atoms with E-state index in [1.165, 1.54) is 21.6 Å². The predicted molar refractivity (Wildman–Crippen MR) is 341 cm³/mol. The quantitative estimate of drug-likeness (QED) is 0.00912. The van der Waals surface area contributed by atoms with Crippen LogP contribution >= 0.6 is 21.6 Å². The molecule has 3 aromatic rings. The van der Waals surface area contributed by atoms with Crippen LogP contribution in [0.3, 0.4) is 0 Å². The van der Waals surface area contributed by atoms with Gasteiger partial charge in [-0.1, -0.05) is 72.7 Å². The maximum absolute atomic E-state index is 15.2. The first-order chi connectivity index (χ1) is 42.2. The Bertz CT molecular complexity index is 3110. The lowest BCUT2D eigenvalue weighted by Crippen LogP contribution is -2.81. The molecule has 2 bridgehead atoms. The molecule has 1 spiro atoms. The van der Waals surface area contributed by atoms with Crippen molar-refractivity contribution in [1.29, 1.82) is 0 Å².